The number of fused-ring (bicyclic) bond motifs is 3. The second kappa shape index (κ2) is 6.21. The van der Waals surface area contributed by atoms with Crippen LogP contribution >= 0.6 is 0 Å². The minimum absolute atomic E-state index is 0.380. The second-order valence-electron chi connectivity index (χ2n) is 7.05. The summed E-state index contributed by atoms with van der Waals surface area (Å²) in [4.78, 5) is 0. The fourth-order valence-corrected chi connectivity index (χ4v) is 4.45. The molecule has 1 aliphatic rings. The maximum absolute atomic E-state index is 17.3. The lowest BCUT2D eigenvalue weighted by molar-refractivity contribution is 0.196. The van der Waals surface area contributed by atoms with Gasteiger partial charge < -0.3 is 0 Å². The van der Waals surface area contributed by atoms with Crippen molar-refractivity contribution in [3.8, 4) is 11.1 Å². The SMILES string of the molecule is FC(c1ccccc1)(c1ccccc1)C1c2ccccc2-c2ccccc21. The van der Waals surface area contributed by atoms with Crippen LogP contribution in [0, 0.1) is 0 Å². The Morgan fingerprint density at radius 3 is 1.30 bits per heavy atom. The first kappa shape index (κ1) is 16.0. The molecule has 0 spiro atoms. The van der Waals surface area contributed by atoms with Crippen LogP contribution in [0.4, 0.5) is 4.39 Å². The molecule has 0 radical (unpaired) electrons. The normalized spacial score (nSPS) is 13.2. The van der Waals surface area contributed by atoms with E-state index < -0.39 is 5.67 Å². The van der Waals surface area contributed by atoms with Gasteiger partial charge in [0.1, 0.15) is 0 Å². The molecule has 0 aliphatic heterocycles. The van der Waals surface area contributed by atoms with Gasteiger partial charge in [-0.15, -0.1) is 0 Å². The van der Waals surface area contributed by atoms with Crippen molar-refractivity contribution in [3.05, 3.63) is 131 Å². The number of hydrogen-bond donors (Lipinski definition) is 0. The average Bonchev–Trinajstić information content (AvgIpc) is 3.09. The summed E-state index contributed by atoms with van der Waals surface area (Å²) in [6, 6.07) is 35.6. The van der Waals surface area contributed by atoms with E-state index in [1.807, 2.05) is 84.9 Å². The predicted octanol–water partition coefficient (Wildman–Crippen LogP) is 6.71. The quantitative estimate of drug-likeness (QED) is 0.385. The van der Waals surface area contributed by atoms with Crippen molar-refractivity contribution in [2.45, 2.75) is 11.6 Å². The van der Waals surface area contributed by atoms with Crippen molar-refractivity contribution >= 4 is 0 Å². The number of rotatable bonds is 3. The molecule has 0 bridgehead atoms. The summed E-state index contributed by atoms with van der Waals surface area (Å²) >= 11 is 0. The lowest BCUT2D eigenvalue weighted by Crippen LogP contribution is -2.30. The zero-order valence-electron chi connectivity index (χ0n) is 14.8. The Morgan fingerprint density at radius 2 is 0.852 bits per heavy atom. The first-order valence-corrected chi connectivity index (χ1v) is 9.28. The van der Waals surface area contributed by atoms with Crippen LogP contribution in [0.25, 0.3) is 11.1 Å². The highest BCUT2D eigenvalue weighted by Gasteiger charge is 2.48. The van der Waals surface area contributed by atoms with Crippen molar-refractivity contribution in [2.75, 3.05) is 0 Å². The molecule has 4 aromatic carbocycles. The molecular weight excluding hydrogens is 331 g/mol. The summed E-state index contributed by atoms with van der Waals surface area (Å²) in [5.41, 5.74) is 4.09. The number of alkyl halides is 1. The highest BCUT2D eigenvalue weighted by Crippen LogP contribution is 2.56. The van der Waals surface area contributed by atoms with Gasteiger partial charge in [0.15, 0.2) is 5.67 Å². The van der Waals surface area contributed by atoms with Gasteiger partial charge in [-0.25, -0.2) is 4.39 Å². The van der Waals surface area contributed by atoms with Crippen molar-refractivity contribution in [2.24, 2.45) is 0 Å². The molecule has 0 saturated heterocycles. The molecule has 0 heterocycles. The first-order chi connectivity index (χ1) is 13.3. The van der Waals surface area contributed by atoms with Gasteiger partial charge in [0.05, 0.1) is 5.92 Å². The Kier molecular flexibility index (Phi) is 3.68. The van der Waals surface area contributed by atoms with Crippen LogP contribution < -0.4 is 0 Å². The van der Waals surface area contributed by atoms with Gasteiger partial charge in [-0.3, -0.25) is 0 Å². The van der Waals surface area contributed by atoms with Crippen LogP contribution in [0.5, 0.6) is 0 Å². The largest absolute Gasteiger partial charge is 0.232 e. The Morgan fingerprint density at radius 1 is 0.481 bits per heavy atom. The van der Waals surface area contributed by atoms with Crippen LogP contribution in [0.2, 0.25) is 0 Å². The Hall–Kier alpha value is -3.19. The smallest absolute Gasteiger partial charge is 0.171 e. The van der Waals surface area contributed by atoms with Crippen molar-refractivity contribution < 1.29 is 4.39 Å². The molecule has 5 rings (SSSR count). The van der Waals surface area contributed by atoms with E-state index in [0.717, 1.165) is 22.3 Å². The van der Waals surface area contributed by atoms with Gasteiger partial charge in [-0.05, 0) is 33.4 Å². The number of halogens is 1. The van der Waals surface area contributed by atoms with E-state index in [1.54, 1.807) is 0 Å². The third-order valence-electron chi connectivity index (χ3n) is 5.62. The van der Waals surface area contributed by atoms with Gasteiger partial charge in [-0.1, -0.05) is 109 Å². The summed E-state index contributed by atoms with van der Waals surface area (Å²) in [5.74, 6) is -0.380. The molecule has 0 amide bonds. The highest BCUT2D eigenvalue weighted by atomic mass is 19.1. The summed E-state index contributed by atoms with van der Waals surface area (Å²) in [6.07, 6.45) is 0. The van der Waals surface area contributed by atoms with Gasteiger partial charge in [0.2, 0.25) is 0 Å². The topological polar surface area (TPSA) is 0 Å². The molecule has 4 aromatic rings. The van der Waals surface area contributed by atoms with E-state index in [0.29, 0.717) is 11.1 Å². The molecule has 0 aromatic heterocycles. The molecular formula is C26H19F. The van der Waals surface area contributed by atoms with E-state index in [2.05, 4.69) is 24.3 Å². The lowest BCUT2D eigenvalue weighted by Gasteiger charge is -2.34. The van der Waals surface area contributed by atoms with Gasteiger partial charge in [0, 0.05) is 0 Å². The van der Waals surface area contributed by atoms with Crippen LogP contribution in [-0.4, -0.2) is 0 Å². The predicted molar refractivity (Wildman–Crippen MR) is 108 cm³/mol. The Bertz CT molecular complexity index is 998. The van der Waals surface area contributed by atoms with Gasteiger partial charge in [0.25, 0.3) is 0 Å². The summed E-state index contributed by atoms with van der Waals surface area (Å²) in [6.45, 7) is 0. The minimum Gasteiger partial charge on any atom is -0.232 e. The molecule has 0 nitrogen and oxygen atoms in total. The van der Waals surface area contributed by atoms with E-state index >= 15 is 4.39 Å². The molecule has 0 N–H and O–H groups in total. The Labute approximate surface area is 158 Å². The highest BCUT2D eigenvalue weighted by molar-refractivity contribution is 5.80. The van der Waals surface area contributed by atoms with Gasteiger partial charge in [-0.2, -0.15) is 0 Å². The lowest BCUT2D eigenvalue weighted by atomic mass is 9.73. The van der Waals surface area contributed by atoms with E-state index in [9.17, 15) is 0 Å². The van der Waals surface area contributed by atoms with Gasteiger partial charge >= 0.3 is 0 Å². The molecule has 0 fully saturated rings. The van der Waals surface area contributed by atoms with Crippen molar-refractivity contribution in [1.82, 2.24) is 0 Å². The molecule has 130 valence electrons. The summed E-state index contributed by atoms with van der Waals surface area (Å²) in [7, 11) is 0. The van der Waals surface area contributed by atoms with Crippen LogP contribution in [0.1, 0.15) is 28.2 Å². The van der Waals surface area contributed by atoms with E-state index in [1.165, 1.54) is 0 Å². The molecule has 0 atom stereocenters. The molecule has 0 saturated carbocycles. The zero-order valence-corrected chi connectivity index (χ0v) is 14.8. The molecule has 1 aliphatic carbocycles. The molecule has 0 unspecified atom stereocenters. The summed E-state index contributed by atoms with van der Waals surface area (Å²) in [5, 5.41) is 0. The maximum Gasteiger partial charge on any atom is 0.171 e. The number of benzene rings is 4. The van der Waals surface area contributed by atoms with Crippen LogP contribution in [-0.2, 0) is 5.67 Å². The molecule has 27 heavy (non-hydrogen) atoms. The van der Waals surface area contributed by atoms with Crippen molar-refractivity contribution in [3.63, 3.8) is 0 Å². The maximum atomic E-state index is 17.3. The fraction of sp³-hybridized carbons (Fsp3) is 0.0769. The van der Waals surface area contributed by atoms with E-state index in [-0.39, 0.29) is 5.92 Å². The molecule has 1 heteroatoms. The first-order valence-electron chi connectivity index (χ1n) is 9.28. The van der Waals surface area contributed by atoms with E-state index in [4.69, 9.17) is 0 Å². The van der Waals surface area contributed by atoms with Crippen LogP contribution in [0.3, 0.4) is 0 Å². The third kappa shape index (κ3) is 2.35. The van der Waals surface area contributed by atoms with Crippen LogP contribution in [0.15, 0.2) is 109 Å². The number of hydrogen-bond acceptors (Lipinski definition) is 0. The summed E-state index contributed by atoms with van der Waals surface area (Å²) < 4.78 is 17.3. The average molecular weight is 350 g/mol. The fourth-order valence-electron chi connectivity index (χ4n) is 4.45. The zero-order chi connectivity index (χ0) is 18.3. The monoisotopic (exact) mass is 350 g/mol. The van der Waals surface area contributed by atoms with Crippen molar-refractivity contribution in [1.29, 1.82) is 0 Å². The third-order valence-corrected chi connectivity index (χ3v) is 5.62. The Balaban J connectivity index is 1.84. The second-order valence-corrected chi connectivity index (χ2v) is 7.05. The standard InChI is InChI=1S/C26H19F/c27-26(19-11-3-1-4-12-19,20-13-5-2-6-14-20)25-23-17-9-7-15-21(23)22-16-8-10-18-24(22)25/h1-18,25H. The minimum atomic E-state index is -1.65.